The van der Waals surface area contributed by atoms with Gasteiger partial charge in [-0.3, -0.25) is 19.1 Å². The first-order chi connectivity index (χ1) is 27.2. The second kappa shape index (κ2) is 16.2. The molecule has 4 unspecified atom stereocenters. The number of fused-ring (bicyclic) bond motifs is 5. The second-order valence-corrected chi connectivity index (χ2v) is 18.8. The summed E-state index contributed by atoms with van der Waals surface area (Å²) in [5.41, 5.74) is 1.96. The molecule has 0 bridgehead atoms. The van der Waals surface area contributed by atoms with E-state index in [0.717, 1.165) is 35.1 Å². The smallest absolute Gasteiger partial charge is 0.408 e. The SMILES string of the molecule is CC(C)(C)OC(=O)NC1CCCCC/C=C\C2CC2(C(=O)NS(=O)(=O)C2CC2)NC(=O)C2C[C@@H](ON=C3c4ccccc4-c4ccccc43)[C@H](CCCO)N2C1=O. The molecule has 4 N–H and O–H groups in total. The maximum absolute atomic E-state index is 14.9. The summed E-state index contributed by atoms with van der Waals surface area (Å²) in [7, 11) is -3.92. The highest BCUT2D eigenvalue weighted by Crippen LogP contribution is 2.46. The van der Waals surface area contributed by atoms with Crippen molar-refractivity contribution in [2.75, 3.05) is 6.61 Å². The van der Waals surface area contributed by atoms with Gasteiger partial charge in [0.1, 0.15) is 35.0 Å². The van der Waals surface area contributed by atoms with Crippen LogP contribution in [0.25, 0.3) is 11.1 Å². The molecule has 15 heteroatoms. The van der Waals surface area contributed by atoms with Gasteiger partial charge in [-0.25, -0.2) is 13.2 Å². The van der Waals surface area contributed by atoms with Crippen molar-refractivity contribution in [3.63, 3.8) is 0 Å². The van der Waals surface area contributed by atoms with Crippen LogP contribution in [-0.2, 0) is 34.0 Å². The fourth-order valence-electron chi connectivity index (χ4n) is 8.30. The fraction of sp³-hybridized carbons (Fsp3) is 0.548. The Morgan fingerprint density at radius 1 is 0.982 bits per heavy atom. The van der Waals surface area contributed by atoms with Gasteiger partial charge in [0, 0.05) is 30.1 Å². The lowest BCUT2D eigenvalue weighted by Gasteiger charge is -2.34. The van der Waals surface area contributed by atoms with Crippen LogP contribution in [0.2, 0.25) is 0 Å². The van der Waals surface area contributed by atoms with Crippen LogP contribution >= 0.6 is 0 Å². The Bertz CT molecular complexity index is 2010. The van der Waals surface area contributed by atoms with Gasteiger partial charge in [-0.1, -0.05) is 78.7 Å². The number of ether oxygens (including phenoxy) is 1. The van der Waals surface area contributed by atoms with Gasteiger partial charge in [0.25, 0.3) is 5.91 Å². The number of carbonyl (C=O) groups is 4. The van der Waals surface area contributed by atoms with Gasteiger partial charge < -0.3 is 30.2 Å². The maximum Gasteiger partial charge on any atom is 0.408 e. The minimum absolute atomic E-state index is 0.0223. The van der Waals surface area contributed by atoms with E-state index >= 15 is 0 Å². The third-order valence-corrected chi connectivity index (χ3v) is 13.2. The van der Waals surface area contributed by atoms with E-state index in [9.17, 15) is 32.7 Å². The molecule has 0 spiro atoms. The number of alkyl carbamates (subject to hydrolysis) is 1. The molecular formula is C42H53N5O9S. The first-order valence-electron chi connectivity index (χ1n) is 20.1. The Balaban J connectivity index is 1.25. The molecule has 3 fully saturated rings. The number of nitrogens with one attached hydrogen (secondary N) is 3. The molecule has 2 heterocycles. The molecule has 0 radical (unpaired) electrons. The van der Waals surface area contributed by atoms with E-state index in [4.69, 9.17) is 14.7 Å². The average Bonchev–Trinajstić information content (AvgIpc) is 4.08. The standard InChI is InChI=1S/C42H53N5O9S/c1-41(2,3)55-40(52)43-32-19-8-6-4-5-7-14-26-25-42(26,39(51)46-57(53,54)27-21-22-27)44-37(49)34-24-35(33(20-13-23-48)47(34)38(32)50)56-45-36-30-17-11-9-15-28(30)29-16-10-12-18-31(29)36/h7,9-12,14-18,26-27,32-35,48H,4-6,8,13,19-25H2,1-3H3,(H,43,52)(H,44,49)(H,46,51)/b14-7-/t26?,32?,33-,34?,35+,42?/m0/s1. The largest absolute Gasteiger partial charge is 0.444 e. The lowest BCUT2D eigenvalue weighted by Crippen LogP contribution is -2.59. The van der Waals surface area contributed by atoms with Crippen molar-refractivity contribution in [1.82, 2.24) is 20.3 Å². The van der Waals surface area contributed by atoms with E-state index in [0.29, 0.717) is 31.4 Å². The fourth-order valence-corrected chi connectivity index (χ4v) is 9.67. The van der Waals surface area contributed by atoms with Crippen molar-refractivity contribution in [3.8, 4) is 11.1 Å². The molecule has 0 aromatic heterocycles. The zero-order valence-corrected chi connectivity index (χ0v) is 33.6. The van der Waals surface area contributed by atoms with Crippen LogP contribution in [0.1, 0.15) is 103 Å². The third-order valence-electron chi connectivity index (χ3n) is 11.4. The predicted molar refractivity (Wildman–Crippen MR) is 212 cm³/mol. The third kappa shape index (κ3) is 8.74. The number of carbonyl (C=O) groups excluding carboxylic acids is 4. The predicted octanol–water partition coefficient (Wildman–Crippen LogP) is 4.44. The summed E-state index contributed by atoms with van der Waals surface area (Å²) in [5.74, 6) is -2.46. The van der Waals surface area contributed by atoms with Gasteiger partial charge in [0.05, 0.1) is 11.3 Å². The molecule has 4 amide bonds. The molecule has 2 aromatic rings. The summed E-state index contributed by atoms with van der Waals surface area (Å²) in [5, 5.41) is 19.7. The molecule has 14 nitrogen and oxygen atoms in total. The lowest BCUT2D eigenvalue weighted by atomic mass is 10.0. The van der Waals surface area contributed by atoms with Gasteiger partial charge in [-0.2, -0.15) is 0 Å². The highest BCUT2D eigenvalue weighted by molar-refractivity contribution is 7.91. The maximum atomic E-state index is 14.9. The number of hydrogen-bond acceptors (Lipinski definition) is 10. The normalized spacial score (nSPS) is 28.0. The highest BCUT2D eigenvalue weighted by Gasteiger charge is 2.62. The Kier molecular flexibility index (Phi) is 11.5. The van der Waals surface area contributed by atoms with Crippen LogP contribution in [0.5, 0.6) is 0 Å². The molecule has 2 saturated carbocycles. The van der Waals surface area contributed by atoms with E-state index in [1.807, 2.05) is 60.7 Å². The molecule has 57 heavy (non-hydrogen) atoms. The zero-order valence-electron chi connectivity index (χ0n) is 32.7. The van der Waals surface area contributed by atoms with Gasteiger partial charge in [-0.05, 0) is 83.3 Å². The van der Waals surface area contributed by atoms with E-state index in [-0.39, 0.29) is 38.7 Å². The van der Waals surface area contributed by atoms with E-state index in [1.165, 1.54) is 4.90 Å². The topological polar surface area (TPSA) is 193 Å². The average molecular weight is 804 g/mol. The Labute approximate surface area is 333 Å². The quantitative estimate of drug-likeness (QED) is 0.179. The van der Waals surface area contributed by atoms with Crippen LogP contribution in [0.4, 0.5) is 4.79 Å². The van der Waals surface area contributed by atoms with Crippen molar-refractivity contribution >= 4 is 39.5 Å². The number of amides is 4. The Hall–Kier alpha value is -4.76. The van der Waals surface area contributed by atoms with Gasteiger partial charge in [0.2, 0.25) is 21.8 Å². The number of hydrogen-bond donors (Lipinski definition) is 4. The summed E-state index contributed by atoms with van der Waals surface area (Å²) in [4.78, 5) is 64.5. The van der Waals surface area contributed by atoms with E-state index in [1.54, 1.807) is 20.8 Å². The number of rotatable bonds is 9. The summed E-state index contributed by atoms with van der Waals surface area (Å²) in [6.07, 6.45) is 6.83. The minimum Gasteiger partial charge on any atom is -0.444 e. The number of aliphatic hydroxyl groups is 1. The summed E-state index contributed by atoms with van der Waals surface area (Å²) >= 11 is 0. The molecule has 306 valence electrons. The Morgan fingerprint density at radius 2 is 1.65 bits per heavy atom. The minimum atomic E-state index is -3.92. The zero-order chi connectivity index (χ0) is 40.5. The summed E-state index contributed by atoms with van der Waals surface area (Å²) < 4.78 is 33.7. The Morgan fingerprint density at radius 3 is 2.28 bits per heavy atom. The van der Waals surface area contributed by atoms with Crippen LogP contribution in [-0.4, -0.2) is 95.2 Å². The number of sulfonamides is 1. The molecule has 6 atom stereocenters. The number of oxime groups is 1. The molecule has 3 aliphatic carbocycles. The van der Waals surface area contributed by atoms with Crippen LogP contribution in [0.15, 0.2) is 65.8 Å². The molecule has 7 rings (SSSR count). The number of aliphatic hydroxyl groups excluding tert-OH is 1. The first-order valence-corrected chi connectivity index (χ1v) is 21.7. The molecule has 5 aliphatic rings. The summed E-state index contributed by atoms with van der Waals surface area (Å²) in [6.45, 7) is 4.98. The van der Waals surface area contributed by atoms with Crippen LogP contribution in [0.3, 0.4) is 0 Å². The monoisotopic (exact) mass is 803 g/mol. The number of nitrogens with zero attached hydrogens (tertiary/aromatic N) is 2. The van der Waals surface area contributed by atoms with Crippen molar-refractivity contribution in [1.29, 1.82) is 0 Å². The van der Waals surface area contributed by atoms with Crippen molar-refractivity contribution in [3.05, 3.63) is 71.8 Å². The van der Waals surface area contributed by atoms with Crippen molar-refractivity contribution < 1.29 is 42.3 Å². The van der Waals surface area contributed by atoms with Crippen LogP contribution < -0.4 is 15.4 Å². The molecule has 1 saturated heterocycles. The van der Waals surface area contributed by atoms with E-state index < -0.39 is 80.4 Å². The highest BCUT2D eigenvalue weighted by atomic mass is 32.2. The van der Waals surface area contributed by atoms with Crippen molar-refractivity contribution in [2.24, 2.45) is 11.1 Å². The first kappa shape index (κ1) is 40.4. The molecule has 2 aliphatic heterocycles. The second-order valence-electron chi connectivity index (χ2n) is 16.8. The number of allylic oxidation sites excluding steroid dienone is 1. The molecule has 2 aromatic carbocycles. The van der Waals surface area contributed by atoms with Gasteiger partial charge in [0.15, 0.2) is 0 Å². The van der Waals surface area contributed by atoms with Crippen molar-refractivity contribution in [2.45, 2.75) is 132 Å². The lowest BCUT2D eigenvalue weighted by molar-refractivity contribution is -0.144. The molecular weight excluding hydrogens is 751 g/mol. The number of benzene rings is 2. The van der Waals surface area contributed by atoms with Gasteiger partial charge >= 0.3 is 6.09 Å². The van der Waals surface area contributed by atoms with Gasteiger partial charge in [-0.15, -0.1) is 0 Å². The van der Waals surface area contributed by atoms with Crippen LogP contribution in [0, 0.1) is 5.92 Å². The summed E-state index contributed by atoms with van der Waals surface area (Å²) in [6, 6.07) is 12.6. The van der Waals surface area contributed by atoms with E-state index in [2.05, 4.69) is 15.4 Å².